The fourth-order valence-corrected chi connectivity index (χ4v) is 3.77. The lowest BCUT2D eigenvalue weighted by Crippen LogP contribution is -2.32. The molecule has 25 heavy (non-hydrogen) atoms. The number of halogens is 1. The number of hydrogen-bond donors (Lipinski definition) is 2. The van der Waals surface area contributed by atoms with Gasteiger partial charge >= 0.3 is 0 Å². The summed E-state index contributed by atoms with van der Waals surface area (Å²) >= 11 is 3.16. The molecule has 9 heteroatoms. The number of pyridine rings is 1. The Morgan fingerprint density at radius 3 is 2.68 bits per heavy atom. The van der Waals surface area contributed by atoms with Crippen molar-refractivity contribution in [3.05, 3.63) is 52.6 Å². The summed E-state index contributed by atoms with van der Waals surface area (Å²) in [5.74, 6) is -0.255. The van der Waals surface area contributed by atoms with E-state index in [4.69, 9.17) is 5.73 Å². The Balaban J connectivity index is 1.90. The summed E-state index contributed by atoms with van der Waals surface area (Å²) in [5, 5.41) is 0. The molecule has 3 N–H and O–H groups in total. The zero-order valence-corrected chi connectivity index (χ0v) is 16.0. The van der Waals surface area contributed by atoms with Crippen molar-refractivity contribution in [1.82, 2.24) is 14.6 Å². The molecule has 0 aliphatic carbocycles. The highest BCUT2D eigenvalue weighted by Crippen LogP contribution is 2.20. The van der Waals surface area contributed by atoms with Gasteiger partial charge in [0.15, 0.2) is 0 Å². The van der Waals surface area contributed by atoms with E-state index in [9.17, 15) is 13.2 Å². The molecule has 1 aromatic carbocycles. The molecular weight excluding hydrogens is 408 g/mol. The molecule has 0 saturated heterocycles. The number of carbonyl (C=O) groups excluding carboxylic acids is 1. The standard InChI is InChI=1S/C16H19BrN4O3S/c1-21(11-12-5-3-2-4-6-12)15(22)7-8-20-25(23,24)14-9-13(17)10-19-16(14)18/h2-6,9-10,20H,7-8,11H2,1H3,(H2,18,19). The first-order valence-corrected chi connectivity index (χ1v) is 9.76. The lowest BCUT2D eigenvalue weighted by molar-refractivity contribution is -0.130. The maximum absolute atomic E-state index is 12.3. The third kappa shape index (κ3) is 5.52. The van der Waals surface area contributed by atoms with E-state index in [1.54, 1.807) is 11.9 Å². The molecule has 2 rings (SSSR count). The highest BCUT2D eigenvalue weighted by molar-refractivity contribution is 9.10. The fraction of sp³-hybridized carbons (Fsp3) is 0.250. The first-order valence-electron chi connectivity index (χ1n) is 7.48. The topological polar surface area (TPSA) is 105 Å². The van der Waals surface area contributed by atoms with Crippen LogP contribution in [0, 0.1) is 0 Å². The summed E-state index contributed by atoms with van der Waals surface area (Å²) in [6.07, 6.45) is 1.46. The van der Waals surface area contributed by atoms with Crippen molar-refractivity contribution in [3.63, 3.8) is 0 Å². The number of amides is 1. The number of hydrogen-bond acceptors (Lipinski definition) is 5. The van der Waals surface area contributed by atoms with E-state index >= 15 is 0 Å². The van der Waals surface area contributed by atoms with Crippen LogP contribution in [0.15, 0.2) is 52.0 Å². The van der Waals surface area contributed by atoms with Crippen molar-refractivity contribution in [1.29, 1.82) is 0 Å². The summed E-state index contributed by atoms with van der Waals surface area (Å²) in [4.78, 5) is 17.4. The molecule has 0 aliphatic heterocycles. The summed E-state index contributed by atoms with van der Waals surface area (Å²) in [6.45, 7) is 0.446. The van der Waals surface area contributed by atoms with Gasteiger partial charge in [-0.05, 0) is 27.6 Å². The molecule has 0 radical (unpaired) electrons. The van der Waals surface area contributed by atoms with Crippen molar-refractivity contribution in [2.45, 2.75) is 17.9 Å². The minimum atomic E-state index is -3.83. The lowest BCUT2D eigenvalue weighted by atomic mass is 10.2. The maximum atomic E-state index is 12.3. The van der Waals surface area contributed by atoms with Gasteiger partial charge in [-0.2, -0.15) is 0 Å². The van der Waals surface area contributed by atoms with Crippen molar-refractivity contribution < 1.29 is 13.2 Å². The van der Waals surface area contributed by atoms with E-state index in [0.717, 1.165) is 5.56 Å². The van der Waals surface area contributed by atoms with Crippen molar-refractivity contribution in [2.75, 3.05) is 19.3 Å². The summed E-state index contributed by atoms with van der Waals surface area (Å²) in [7, 11) is -2.15. The molecule has 0 bridgehead atoms. The number of nitrogens with one attached hydrogen (secondary N) is 1. The Labute approximate surface area is 155 Å². The number of nitrogen functional groups attached to an aromatic ring is 1. The largest absolute Gasteiger partial charge is 0.383 e. The monoisotopic (exact) mass is 426 g/mol. The second-order valence-electron chi connectivity index (χ2n) is 5.42. The molecule has 0 spiro atoms. The van der Waals surface area contributed by atoms with Gasteiger partial charge in [0.2, 0.25) is 15.9 Å². The van der Waals surface area contributed by atoms with Gasteiger partial charge in [0, 0.05) is 37.2 Å². The molecule has 1 amide bonds. The highest BCUT2D eigenvalue weighted by Gasteiger charge is 2.19. The average molecular weight is 427 g/mol. The Bertz CT molecular complexity index is 844. The number of nitrogens with two attached hydrogens (primary N) is 1. The lowest BCUT2D eigenvalue weighted by Gasteiger charge is -2.17. The molecule has 0 unspecified atom stereocenters. The molecule has 0 aliphatic rings. The summed E-state index contributed by atoms with van der Waals surface area (Å²) < 4.78 is 27.4. The minimum absolute atomic E-state index is 0.0216. The van der Waals surface area contributed by atoms with E-state index in [0.29, 0.717) is 11.0 Å². The third-order valence-electron chi connectivity index (χ3n) is 3.46. The number of rotatable bonds is 7. The molecule has 1 aromatic heterocycles. The van der Waals surface area contributed by atoms with Gasteiger partial charge in [-0.25, -0.2) is 18.1 Å². The smallest absolute Gasteiger partial charge is 0.244 e. The molecule has 2 aromatic rings. The van der Waals surface area contributed by atoms with Gasteiger partial charge in [0.1, 0.15) is 10.7 Å². The zero-order valence-electron chi connectivity index (χ0n) is 13.6. The van der Waals surface area contributed by atoms with Crippen LogP contribution in [0.4, 0.5) is 5.82 Å². The number of sulfonamides is 1. The fourth-order valence-electron chi connectivity index (χ4n) is 2.15. The van der Waals surface area contributed by atoms with E-state index in [2.05, 4.69) is 25.6 Å². The van der Waals surface area contributed by atoms with E-state index in [1.165, 1.54) is 12.3 Å². The summed E-state index contributed by atoms with van der Waals surface area (Å²) in [5.41, 5.74) is 6.62. The molecule has 0 fully saturated rings. The molecule has 1 heterocycles. The Kier molecular flexibility index (Phi) is 6.51. The van der Waals surface area contributed by atoms with Crippen LogP contribution in [0.25, 0.3) is 0 Å². The van der Waals surface area contributed by atoms with E-state index in [1.807, 2.05) is 30.3 Å². The van der Waals surface area contributed by atoms with Crippen molar-refractivity contribution in [3.8, 4) is 0 Å². The van der Waals surface area contributed by atoms with Crippen LogP contribution in [-0.4, -0.2) is 37.8 Å². The SMILES string of the molecule is CN(Cc1ccccc1)C(=O)CCNS(=O)(=O)c1cc(Br)cnc1N. The molecule has 134 valence electrons. The van der Waals surface area contributed by atoms with Crippen LogP contribution in [-0.2, 0) is 21.4 Å². The molecular formula is C16H19BrN4O3S. The predicted octanol–water partition coefficient (Wildman–Crippen LogP) is 1.75. The van der Waals surface area contributed by atoms with Crippen LogP contribution in [0.3, 0.4) is 0 Å². The molecule has 0 atom stereocenters. The van der Waals surface area contributed by atoms with Gasteiger partial charge in [0.05, 0.1) is 0 Å². The van der Waals surface area contributed by atoms with Crippen LogP contribution >= 0.6 is 15.9 Å². The van der Waals surface area contributed by atoms with Gasteiger partial charge in [-0.1, -0.05) is 30.3 Å². The summed E-state index contributed by atoms with van der Waals surface area (Å²) in [6, 6.07) is 10.9. The van der Waals surface area contributed by atoms with Crippen molar-refractivity contribution >= 4 is 37.7 Å². The van der Waals surface area contributed by atoms with Crippen LogP contribution in [0.2, 0.25) is 0 Å². The maximum Gasteiger partial charge on any atom is 0.244 e. The minimum Gasteiger partial charge on any atom is -0.383 e. The van der Waals surface area contributed by atoms with Crippen LogP contribution in [0.5, 0.6) is 0 Å². The van der Waals surface area contributed by atoms with Crippen molar-refractivity contribution in [2.24, 2.45) is 0 Å². The number of benzene rings is 1. The average Bonchev–Trinajstić information content (AvgIpc) is 2.57. The van der Waals surface area contributed by atoms with Gasteiger partial charge in [-0.3, -0.25) is 4.79 Å². The predicted molar refractivity (Wildman–Crippen MR) is 99.1 cm³/mol. The quantitative estimate of drug-likeness (QED) is 0.701. The van der Waals surface area contributed by atoms with Gasteiger partial charge < -0.3 is 10.6 Å². The second kappa shape index (κ2) is 8.41. The second-order valence-corrected chi connectivity index (χ2v) is 8.07. The van der Waals surface area contributed by atoms with Gasteiger partial charge in [0.25, 0.3) is 0 Å². The van der Waals surface area contributed by atoms with E-state index < -0.39 is 10.0 Å². The zero-order chi connectivity index (χ0) is 18.4. The first kappa shape index (κ1) is 19.4. The normalized spacial score (nSPS) is 11.3. The third-order valence-corrected chi connectivity index (χ3v) is 5.38. The Morgan fingerprint density at radius 2 is 2.00 bits per heavy atom. The molecule has 7 nitrogen and oxygen atoms in total. The number of aromatic nitrogens is 1. The number of carbonyl (C=O) groups is 1. The Hall–Kier alpha value is -1.97. The molecule has 0 saturated carbocycles. The van der Waals surface area contributed by atoms with Crippen LogP contribution < -0.4 is 10.5 Å². The number of anilines is 1. The number of nitrogens with zero attached hydrogens (tertiary/aromatic N) is 2. The van der Waals surface area contributed by atoms with E-state index in [-0.39, 0.29) is 29.6 Å². The van der Waals surface area contributed by atoms with Crippen LogP contribution in [0.1, 0.15) is 12.0 Å². The highest BCUT2D eigenvalue weighted by atomic mass is 79.9. The van der Waals surface area contributed by atoms with Gasteiger partial charge in [-0.15, -0.1) is 0 Å². The first-order chi connectivity index (χ1) is 11.8. The Morgan fingerprint density at radius 1 is 1.32 bits per heavy atom.